The van der Waals surface area contributed by atoms with Crippen molar-refractivity contribution in [2.75, 3.05) is 5.32 Å². The SMILES string of the molecule is Cc1nc2ccccn2c1-c1csc(NC(=O)CCn2cnc3ccccc32)n1. The van der Waals surface area contributed by atoms with Gasteiger partial charge in [0.2, 0.25) is 5.91 Å². The highest BCUT2D eigenvalue weighted by Crippen LogP contribution is 2.28. The molecule has 4 heterocycles. The molecule has 0 bridgehead atoms. The van der Waals surface area contributed by atoms with Crippen molar-refractivity contribution < 1.29 is 4.79 Å². The van der Waals surface area contributed by atoms with Crippen molar-refractivity contribution >= 4 is 39.1 Å². The van der Waals surface area contributed by atoms with Crippen LogP contribution in [0.15, 0.2) is 60.4 Å². The van der Waals surface area contributed by atoms with Crippen molar-refractivity contribution in [3.8, 4) is 11.4 Å². The zero-order valence-electron chi connectivity index (χ0n) is 15.7. The average Bonchev–Trinajstić information content (AvgIpc) is 3.42. The molecular formula is C21H18N6OS. The van der Waals surface area contributed by atoms with E-state index in [4.69, 9.17) is 0 Å². The number of rotatable bonds is 5. The van der Waals surface area contributed by atoms with Gasteiger partial charge in [0, 0.05) is 24.5 Å². The topological polar surface area (TPSA) is 77.1 Å². The van der Waals surface area contributed by atoms with Crippen LogP contribution >= 0.6 is 11.3 Å². The number of fused-ring (bicyclic) bond motifs is 2. The first kappa shape index (κ1) is 17.6. The predicted molar refractivity (Wildman–Crippen MR) is 114 cm³/mol. The monoisotopic (exact) mass is 402 g/mol. The van der Waals surface area contributed by atoms with E-state index in [0.29, 0.717) is 18.1 Å². The number of aromatic nitrogens is 5. The van der Waals surface area contributed by atoms with Gasteiger partial charge >= 0.3 is 0 Å². The summed E-state index contributed by atoms with van der Waals surface area (Å²) in [5, 5.41) is 5.44. The van der Waals surface area contributed by atoms with Crippen molar-refractivity contribution in [2.24, 2.45) is 0 Å². The highest BCUT2D eigenvalue weighted by Gasteiger charge is 2.15. The highest BCUT2D eigenvalue weighted by molar-refractivity contribution is 7.14. The molecule has 29 heavy (non-hydrogen) atoms. The van der Waals surface area contributed by atoms with E-state index >= 15 is 0 Å². The summed E-state index contributed by atoms with van der Waals surface area (Å²) in [6.45, 7) is 2.53. The van der Waals surface area contributed by atoms with Crippen molar-refractivity contribution in [2.45, 2.75) is 19.9 Å². The van der Waals surface area contributed by atoms with E-state index in [1.807, 2.05) is 69.9 Å². The Morgan fingerprint density at radius 2 is 2.00 bits per heavy atom. The van der Waals surface area contributed by atoms with Crippen molar-refractivity contribution in [3.63, 3.8) is 0 Å². The Balaban J connectivity index is 1.30. The van der Waals surface area contributed by atoms with Crippen molar-refractivity contribution in [1.82, 2.24) is 23.9 Å². The number of carbonyl (C=O) groups is 1. The van der Waals surface area contributed by atoms with E-state index in [0.717, 1.165) is 33.8 Å². The van der Waals surface area contributed by atoms with Gasteiger partial charge < -0.3 is 9.88 Å². The fourth-order valence-corrected chi connectivity index (χ4v) is 4.17. The van der Waals surface area contributed by atoms with Crippen LogP contribution in [-0.2, 0) is 11.3 Å². The minimum Gasteiger partial charge on any atom is -0.330 e. The van der Waals surface area contributed by atoms with Gasteiger partial charge in [-0.25, -0.2) is 15.0 Å². The minimum absolute atomic E-state index is 0.0708. The Hall–Kier alpha value is -3.52. The first-order valence-corrected chi connectivity index (χ1v) is 10.2. The summed E-state index contributed by atoms with van der Waals surface area (Å²) in [4.78, 5) is 26.0. The Morgan fingerprint density at radius 1 is 1.14 bits per heavy atom. The quantitative estimate of drug-likeness (QED) is 0.479. The highest BCUT2D eigenvalue weighted by atomic mass is 32.1. The maximum atomic E-state index is 12.4. The van der Waals surface area contributed by atoms with E-state index in [1.165, 1.54) is 11.3 Å². The lowest BCUT2D eigenvalue weighted by Crippen LogP contribution is -2.14. The molecule has 144 valence electrons. The van der Waals surface area contributed by atoms with E-state index < -0.39 is 0 Å². The maximum absolute atomic E-state index is 12.4. The number of carbonyl (C=O) groups excluding carboxylic acids is 1. The number of aryl methyl sites for hydroxylation is 2. The lowest BCUT2D eigenvalue weighted by Gasteiger charge is -2.04. The third-order valence-corrected chi connectivity index (χ3v) is 5.56. The summed E-state index contributed by atoms with van der Waals surface area (Å²) in [7, 11) is 0. The number of nitrogens with one attached hydrogen (secondary N) is 1. The van der Waals surface area contributed by atoms with Crippen molar-refractivity contribution in [3.05, 3.63) is 66.1 Å². The van der Waals surface area contributed by atoms with Crippen LogP contribution in [0.25, 0.3) is 28.1 Å². The number of amides is 1. The molecule has 0 aliphatic carbocycles. The normalized spacial score (nSPS) is 11.3. The first-order valence-electron chi connectivity index (χ1n) is 9.28. The first-order chi connectivity index (χ1) is 14.2. The number of hydrogen-bond acceptors (Lipinski definition) is 5. The minimum atomic E-state index is -0.0708. The number of para-hydroxylation sites is 2. The van der Waals surface area contributed by atoms with Crippen LogP contribution in [0.2, 0.25) is 0 Å². The van der Waals surface area contributed by atoms with Gasteiger partial charge in [0.25, 0.3) is 0 Å². The molecule has 0 radical (unpaired) electrons. The molecule has 0 spiro atoms. The molecule has 0 aliphatic heterocycles. The molecule has 1 amide bonds. The van der Waals surface area contributed by atoms with E-state index in [1.54, 1.807) is 6.33 Å². The van der Waals surface area contributed by atoms with E-state index in [-0.39, 0.29) is 5.91 Å². The summed E-state index contributed by atoms with van der Waals surface area (Å²) in [6, 6.07) is 13.8. The second kappa shape index (κ2) is 7.14. The Kier molecular flexibility index (Phi) is 4.33. The van der Waals surface area contributed by atoms with Gasteiger partial charge in [-0.15, -0.1) is 11.3 Å². The summed E-state index contributed by atoms with van der Waals surface area (Å²) in [5.41, 5.74) is 5.50. The molecule has 1 N–H and O–H groups in total. The van der Waals surface area contributed by atoms with Gasteiger partial charge in [-0.1, -0.05) is 18.2 Å². The summed E-state index contributed by atoms with van der Waals surface area (Å²) in [6.07, 6.45) is 4.09. The largest absolute Gasteiger partial charge is 0.330 e. The molecule has 0 saturated heterocycles. The standard InChI is InChI=1S/C21H18N6OS/c1-14-20(27-10-5-4-8-18(27)23-14)16-12-29-21(24-16)25-19(28)9-11-26-13-22-15-6-2-3-7-17(15)26/h2-8,10,12-13H,9,11H2,1H3,(H,24,25,28). The molecule has 4 aromatic heterocycles. The number of anilines is 1. The van der Waals surface area contributed by atoms with E-state index in [9.17, 15) is 4.79 Å². The number of imidazole rings is 2. The molecule has 0 saturated carbocycles. The Labute approximate surface area is 170 Å². The Bertz CT molecular complexity index is 1330. The number of benzene rings is 1. The molecule has 1 aromatic carbocycles. The molecule has 8 heteroatoms. The zero-order chi connectivity index (χ0) is 19.8. The molecule has 5 aromatic rings. The van der Waals surface area contributed by atoms with Crippen LogP contribution < -0.4 is 5.32 Å². The maximum Gasteiger partial charge on any atom is 0.227 e. The molecule has 7 nitrogen and oxygen atoms in total. The molecule has 0 atom stereocenters. The number of thiazole rings is 1. The third kappa shape index (κ3) is 3.27. The number of hydrogen-bond donors (Lipinski definition) is 1. The van der Waals surface area contributed by atoms with E-state index in [2.05, 4.69) is 20.3 Å². The van der Waals surface area contributed by atoms with Crippen LogP contribution in [0.1, 0.15) is 12.1 Å². The fraction of sp³-hybridized carbons (Fsp3) is 0.143. The van der Waals surface area contributed by atoms with Crippen LogP contribution in [-0.4, -0.2) is 29.8 Å². The Morgan fingerprint density at radius 3 is 2.93 bits per heavy atom. The lowest BCUT2D eigenvalue weighted by atomic mass is 10.3. The predicted octanol–water partition coefficient (Wildman–Crippen LogP) is 4.14. The van der Waals surface area contributed by atoms with Gasteiger partial charge in [0.1, 0.15) is 11.3 Å². The summed E-state index contributed by atoms with van der Waals surface area (Å²) < 4.78 is 4.00. The van der Waals surface area contributed by atoms with Gasteiger partial charge in [-0.3, -0.25) is 9.20 Å². The van der Waals surface area contributed by atoms with Crippen molar-refractivity contribution in [1.29, 1.82) is 0 Å². The van der Waals surface area contributed by atoms with Gasteiger partial charge in [0.05, 0.1) is 28.7 Å². The lowest BCUT2D eigenvalue weighted by molar-refractivity contribution is -0.116. The smallest absolute Gasteiger partial charge is 0.227 e. The zero-order valence-corrected chi connectivity index (χ0v) is 16.6. The molecular weight excluding hydrogens is 384 g/mol. The summed E-state index contributed by atoms with van der Waals surface area (Å²) >= 11 is 1.42. The molecule has 0 fully saturated rings. The summed E-state index contributed by atoms with van der Waals surface area (Å²) in [5.74, 6) is -0.0708. The van der Waals surface area contributed by atoms with Crippen LogP contribution in [0, 0.1) is 6.92 Å². The molecule has 0 unspecified atom stereocenters. The van der Waals surface area contributed by atoms with Gasteiger partial charge in [-0.05, 0) is 31.2 Å². The molecule has 5 rings (SSSR count). The third-order valence-electron chi connectivity index (χ3n) is 4.80. The van der Waals surface area contributed by atoms with Crippen LogP contribution in [0.3, 0.4) is 0 Å². The van der Waals surface area contributed by atoms with Gasteiger partial charge in [0.15, 0.2) is 5.13 Å². The fourth-order valence-electron chi connectivity index (χ4n) is 3.45. The van der Waals surface area contributed by atoms with Crippen LogP contribution in [0.4, 0.5) is 5.13 Å². The van der Waals surface area contributed by atoms with Crippen LogP contribution in [0.5, 0.6) is 0 Å². The average molecular weight is 402 g/mol. The van der Waals surface area contributed by atoms with Gasteiger partial charge in [-0.2, -0.15) is 0 Å². The second-order valence-corrected chi connectivity index (χ2v) is 7.60. The number of pyridine rings is 1. The second-order valence-electron chi connectivity index (χ2n) is 6.74. The number of nitrogens with zero attached hydrogens (tertiary/aromatic N) is 5. The molecule has 0 aliphatic rings.